The number of aromatic nitrogens is 3. The average Bonchev–Trinajstić information content (AvgIpc) is 3.23. The van der Waals surface area contributed by atoms with Crippen molar-refractivity contribution >= 4 is 41.3 Å². The van der Waals surface area contributed by atoms with E-state index in [1.807, 2.05) is 62.4 Å². The van der Waals surface area contributed by atoms with Gasteiger partial charge in [-0.05, 0) is 79.4 Å². The fourth-order valence-corrected chi connectivity index (χ4v) is 3.56. The van der Waals surface area contributed by atoms with E-state index in [2.05, 4.69) is 34.7 Å². The highest BCUT2D eigenvalue weighted by Crippen LogP contribution is 2.27. The number of carboxylic acid groups (broad SMARTS) is 1. The maximum Gasteiger partial charge on any atom is 0.300 e. The molecule has 4 rings (SSSR count). The molecule has 180 valence electrons. The minimum atomic E-state index is -0.250. The highest BCUT2D eigenvalue weighted by Gasteiger charge is 2.09. The topological polar surface area (TPSA) is 108 Å². The molecule has 0 aliphatic rings. The van der Waals surface area contributed by atoms with E-state index >= 15 is 0 Å². The smallest absolute Gasteiger partial charge is 0.300 e. The monoisotopic (exact) mass is 491 g/mol. The molecule has 0 unspecified atom stereocenters. The van der Waals surface area contributed by atoms with Crippen LogP contribution in [0.1, 0.15) is 23.6 Å². The van der Waals surface area contributed by atoms with Crippen molar-refractivity contribution in [3.63, 3.8) is 0 Å². The van der Waals surface area contributed by atoms with Crippen LogP contribution in [0, 0.1) is 26.7 Å². The van der Waals surface area contributed by atoms with Crippen molar-refractivity contribution < 1.29 is 14.6 Å². The predicted molar refractivity (Wildman–Crippen MR) is 140 cm³/mol. The molecule has 0 bridgehead atoms. The largest absolute Gasteiger partial charge is 0.483 e. The number of carbonyl (C=O) groups is 1. The Morgan fingerprint density at radius 2 is 1.86 bits per heavy atom. The summed E-state index contributed by atoms with van der Waals surface area (Å²) >= 11 is 6.48. The molecule has 0 amide bonds. The number of imidazole rings is 1. The van der Waals surface area contributed by atoms with Crippen LogP contribution in [0.25, 0.3) is 23.2 Å². The lowest BCUT2D eigenvalue weighted by atomic mass is 10.1. The Morgan fingerprint density at radius 1 is 1.14 bits per heavy atom. The third-order valence-corrected chi connectivity index (χ3v) is 5.54. The number of aromatic amines is 2. The first-order valence-corrected chi connectivity index (χ1v) is 10.9. The number of aryl methyl sites for hydroxylation is 2. The lowest BCUT2D eigenvalue weighted by Crippen LogP contribution is -2.40. The van der Waals surface area contributed by atoms with Crippen LogP contribution in [0.3, 0.4) is 0 Å². The standard InChI is InChI=1S/C24H22ClN3O2.C2H2.CH2O2/c1-4-16-9-10-26-23(29)19(16)8-6-17-12-21-22(13-20(17)25)28-24(27-21)30-18-7-5-14(2)15(3)11-18;1-2;2-1-3/h4-5,7-13H,6H2,1-3H3,(H,26,29)(H,27,28);1-2H;1H,(H,2,3)/b16-4-,19-8+;;. The first-order valence-electron chi connectivity index (χ1n) is 10.5. The summed E-state index contributed by atoms with van der Waals surface area (Å²) < 4.78 is 5.89. The van der Waals surface area contributed by atoms with Crippen molar-refractivity contribution in [3.8, 4) is 24.6 Å². The molecular formula is C27H26ClN3O4. The Balaban J connectivity index is 0.000000803. The van der Waals surface area contributed by atoms with E-state index in [0.29, 0.717) is 22.7 Å². The van der Waals surface area contributed by atoms with Gasteiger partial charge in [-0.3, -0.25) is 9.59 Å². The third kappa shape index (κ3) is 6.85. The number of nitrogens with one attached hydrogen (secondary N) is 2. The van der Waals surface area contributed by atoms with Crippen LogP contribution in [-0.2, 0) is 11.2 Å². The summed E-state index contributed by atoms with van der Waals surface area (Å²) in [6, 6.07) is 12.0. The predicted octanol–water partition coefficient (Wildman–Crippen LogP) is 4.09. The molecule has 0 saturated carbocycles. The second-order valence-electron chi connectivity index (χ2n) is 7.33. The van der Waals surface area contributed by atoms with Crippen LogP contribution in [0.2, 0.25) is 5.02 Å². The van der Waals surface area contributed by atoms with Crippen molar-refractivity contribution in [2.24, 2.45) is 0 Å². The molecule has 2 aromatic heterocycles. The minimum Gasteiger partial charge on any atom is -0.483 e. The minimum absolute atomic E-state index is 0.117. The molecule has 35 heavy (non-hydrogen) atoms. The molecule has 0 saturated heterocycles. The van der Waals surface area contributed by atoms with Gasteiger partial charge >= 0.3 is 0 Å². The molecule has 0 aliphatic heterocycles. The van der Waals surface area contributed by atoms with Gasteiger partial charge < -0.3 is 19.8 Å². The summed E-state index contributed by atoms with van der Waals surface area (Å²) in [7, 11) is 0. The van der Waals surface area contributed by atoms with Crippen LogP contribution in [0.5, 0.6) is 11.8 Å². The highest BCUT2D eigenvalue weighted by molar-refractivity contribution is 6.32. The third-order valence-electron chi connectivity index (χ3n) is 5.19. The molecule has 2 aromatic carbocycles. The molecule has 0 aliphatic carbocycles. The zero-order valence-corrected chi connectivity index (χ0v) is 20.4. The van der Waals surface area contributed by atoms with E-state index in [9.17, 15) is 4.79 Å². The van der Waals surface area contributed by atoms with E-state index in [1.165, 1.54) is 5.56 Å². The molecular weight excluding hydrogens is 466 g/mol. The van der Waals surface area contributed by atoms with Gasteiger partial charge in [-0.15, -0.1) is 12.8 Å². The zero-order chi connectivity index (χ0) is 26.0. The number of hydrogen-bond donors (Lipinski definition) is 3. The van der Waals surface area contributed by atoms with E-state index in [1.54, 1.807) is 6.20 Å². The number of halogens is 1. The zero-order valence-electron chi connectivity index (χ0n) is 19.6. The van der Waals surface area contributed by atoms with Gasteiger partial charge in [0.25, 0.3) is 18.0 Å². The molecule has 0 radical (unpaired) electrons. The van der Waals surface area contributed by atoms with Crippen molar-refractivity contribution in [1.82, 2.24) is 15.0 Å². The molecule has 8 heteroatoms. The van der Waals surface area contributed by atoms with Gasteiger partial charge in [-0.25, -0.2) is 0 Å². The number of pyridine rings is 1. The van der Waals surface area contributed by atoms with E-state index in [0.717, 1.165) is 33.1 Å². The molecule has 0 atom stereocenters. The lowest BCUT2D eigenvalue weighted by molar-refractivity contribution is -0.122. The van der Waals surface area contributed by atoms with Crippen LogP contribution in [0.15, 0.2) is 47.4 Å². The lowest BCUT2D eigenvalue weighted by Gasteiger charge is -2.04. The average molecular weight is 492 g/mol. The Morgan fingerprint density at radius 3 is 2.51 bits per heavy atom. The van der Waals surface area contributed by atoms with Gasteiger partial charge in [-0.1, -0.05) is 29.8 Å². The quantitative estimate of drug-likeness (QED) is 0.294. The number of ether oxygens (including phenoxy) is 1. The highest BCUT2D eigenvalue weighted by atomic mass is 35.5. The summed E-state index contributed by atoms with van der Waals surface area (Å²) in [4.78, 5) is 30.9. The van der Waals surface area contributed by atoms with Crippen molar-refractivity contribution in [1.29, 1.82) is 0 Å². The van der Waals surface area contributed by atoms with Gasteiger partial charge in [0.15, 0.2) is 0 Å². The summed E-state index contributed by atoms with van der Waals surface area (Å²) in [5, 5.41) is 9.01. The van der Waals surface area contributed by atoms with Crippen LogP contribution in [0.4, 0.5) is 0 Å². The van der Waals surface area contributed by atoms with E-state index < -0.39 is 0 Å². The van der Waals surface area contributed by atoms with E-state index in [-0.39, 0.29) is 12.0 Å². The van der Waals surface area contributed by atoms with Crippen LogP contribution >= 0.6 is 11.6 Å². The molecule has 2 heterocycles. The molecule has 3 N–H and O–H groups in total. The fraction of sp³-hybridized carbons (Fsp3) is 0.148. The summed E-state index contributed by atoms with van der Waals surface area (Å²) in [6.07, 6.45) is 14.0. The summed E-state index contributed by atoms with van der Waals surface area (Å²) in [6.45, 7) is 5.77. The Kier molecular flexibility index (Phi) is 9.88. The number of H-pyrrole nitrogens is 2. The molecule has 0 spiro atoms. The second kappa shape index (κ2) is 12.8. The van der Waals surface area contributed by atoms with Gasteiger partial charge in [0.2, 0.25) is 0 Å². The maximum atomic E-state index is 12.2. The number of benzene rings is 2. The number of hydrogen-bond acceptors (Lipinski definition) is 4. The van der Waals surface area contributed by atoms with Crippen molar-refractivity contribution in [2.45, 2.75) is 27.2 Å². The fourth-order valence-electron chi connectivity index (χ4n) is 3.33. The number of nitrogens with zero attached hydrogens (tertiary/aromatic N) is 1. The van der Waals surface area contributed by atoms with Crippen LogP contribution in [-0.4, -0.2) is 26.5 Å². The molecule has 7 nitrogen and oxygen atoms in total. The van der Waals surface area contributed by atoms with E-state index in [4.69, 9.17) is 26.2 Å². The van der Waals surface area contributed by atoms with Gasteiger partial charge in [0, 0.05) is 16.4 Å². The Bertz CT molecular complexity index is 1520. The second-order valence-corrected chi connectivity index (χ2v) is 7.74. The Labute approximate surface area is 207 Å². The summed E-state index contributed by atoms with van der Waals surface area (Å²) in [5.41, 5.74) is 4.70. The SMILES string of the molecule is C#C.C/C=c1/cc[nH]c(=O)/c1=C/Cc1cc2[nH]c(Oc3ccc(C)c(C)c3)nc2cc1Cl.O=CO. The molecule has 0 fully saturated rings. The van der Waals surface area contributed by atoms with Gasteiger partial charge in [0.1, 0.15) is 5.75 Å². The van der Waals surface area contributed by atoms with Gasteiger partial charge in [-0.2, -0.15) is 4.98 Å². The maximum absolute atomic E-state index is 12.2. The van der Waals surface area contributed by atoms with Crippen LogP contribution < -0.4 is 20.7 Å². The number of terminal acetylenes is 1. The first kappa shape index (κ1) is 27.0. The van der Waals surface area contributed by atoms with Gasteiger partial charge in [0.05, 0.1) is 11.0 Å². The number of fused-ring (bicyclic) bond motifs is 1. The normalized spacial score (nSPS) is 11.3. The Hall–Kier alpha value is -4.28. The summed E-state index contributed by atoms with van der Waals surface area (Å²) in [5.74, 6) is 0.725. The first-order chi connectivity index (χ1) is 16.9. The molecule has 4 aromatic rings. The van der Waals surface area contributed by atoms with Crippen molar-refractivity contribution in [2.75, 3.05) is 0 Å². The number of rotatable bonds is 4. The van der Waals surface area contributed by atoms with Crippen molar-refractivity contribution in [3.05, 3.63) is 85.1 Å².